The molecule has 3 nitrogen and oxygen atoms in total. The molecule has 0 aromatic rings. The van der Waals surface area contributed by atoms with Crippen molar-refractivity contribution in [1.29, 1.82) is 5.26 Å². The van der Waals surface area contributed by atoms with Gasteiger partial charge < -0.3 is 5.73 Å². The number of nitrogens with two attached hydrogens (primary N) is 1. The first kappa shape index (κ1) is 12.3. The third kappa shape index (κ3) is 1.71. The summed E-state index contributed by atoms with van der Waals surface area (Å²) in [5, 5.41) is 9.09. The molecule has 1 saturated carbocycles. The normalized spacial score (nSPS) is 40.2. The number of carbonyl (C=O) groups excluding carboxylic acids is 1. The summed E-state index contributed by atoms with van der Waals surface area (Å²) in [6, 6.07) is 2.24. The summed E-state index contributed by atoms with van der Waals surface area (Å²) < 4.78 is 0. The van der Waals surface area contributed by atoms with Crippen molar-refractivity contribution in [2.24, 2.45) is 22.5 Å². The number of carbonyl (C=O) groups is 1. The van der Waals surface area contributed by atoms with Crippen LogP contribution in [0.15, 0.2) is 11.6 Å². The highest BCUT2D eigenvalue weighted by Gasteiger charge is 2.52. The monoisotopic (exact) mass is 232 g/mol. The maximum absolute atomic E-state index is 12.2. The molecule has 92 valence electrons. The van der Waals surface area contributed by atoms with E-state index in [1.807, 2.05) is 19.9 Å². The number of nitriles is 1. The van der Waals surface area contributed by atoms with Crippen LogP contribution in [0.3, 0.4) is 0 Å². The van der Waals surface area contributed by atoms with Gasteiger partial charge in [0.05, 0.1) is 5.57 Å². The third-order valence-electron chi connectivity index (χ3n) is 4.62. The van der Waals surface area contributed by atoms with Gasteiger partial charge in [-0.15, -0.1) is 0 Å². The fourth-order valence-electron chi connectivity index (χ4n) is 3.85. The van der Waals surface area contributed by atoms with Crippen LogP contribution in [-0.2, 0) is 4.79 Å². The minimum atomic E-state index is -0.436. The van der Waals surface area contributed by atoms with Crippen LogP contribution >= 0.6 is 0 Å². The second kappa shape index (κ2) is 3.68. The van der Waals surface area contributed by atoms with E-state index in [0.29, 0.717) is 11.5 Å². The number of Topliss-reactive ketones (excluding diaryl/α,β-unsaturated/α-hetero) is 1. The molecule has 17 heavy (non-hydrogen) atoms. The molecule has 0 radical (unpaired) electrons. The third-order valence-corrected chi connectivity index (χ3v) is 4.62. The van der Waals surface area contributed by atoms with E-state index in [0.717, 1.165) is 19.3 Å². The Hall–Kier alpha value is -1.14. The topological polar surface area (TPSA) is 66.9 Å². The van der Waals surface area contributed by atoms with Crippen molar-refractivity contribution in [3.05, 3.63) is 11.6 Å². The lowest BCUT2D eigenvalue weighted by atomic mass is 9.52. The molecule has 2 N–H and O–H groups in total. The molecule has 0 heterocycles. The average Bonchev–Trinajstić information content (AvgIpc) is 2.23. The molecule has 0 unspecified atom stereocenters. The molecular formula is C14H20N2O. The Labute approximate surface area is 103 Å². The molecule has 0 amide bonds. The smallest absolute Gasteiger partial charge is 0.178 e. The van der Waals surface area contributed by atoms with Crippen molar-refractivity contribution in [2.75, 3.05) is 0 Å². The van der Waals surface area contributed by atoms with Gasteiger partial charge in [-0.3, -0.25) is 4.79 Å². The van der Waals surface area contributed by atoms with Gasteiger partial charge in [-0.1, -0.05) is 26.8 Å². The molecule has 0 aromatic heterocycles. The Morgan fingerprint density at radius 1 is 1.41 bits per heavy atom. The fraction of sp³-hybridized carbons (Fsp3) is 0.714. The van der Waals surface area contributed by atoms with Gasteiger partial charge >= 0.3 is 0 Å². The molecule has 0 saturated heterocycles. The van der Waals surface area contributed by atoms with Crippen LogP contribution in [0.25, 0.3) is 0 Å². The molecule has 2 rings (SSSR count). The Kier molecular flexibility index (Phi) is 2.67. The van der Waals surface area contributed by atoms with Crippen LogP contribution in [0.5, 0.6) is 0 Å². The number of nitrogens with zero attached hydrogens (tertiary/aromatic N) is 1. The lowest BCUT2D eigenvalue weighted by Crippen LogP contribution is -2.51. The predicted molar refractivity (Wildman–Crippen MR) is 65.9 cm³/mol. The van der Waals surface area contributed by atoms with Gasteiger partial charge in [-0.05, 0) is 30.6 Å². The number of allylic oxidation sites excluding steroid dienone is 2. The second-order valence-corrected chi connectivity index (χ2v) is 6.32. The van der Waals surface area contributed by atoms with Gasteiger partial charge in [0.1, 0.15) is 6.07 Å². The average molecular weight is 232 g/mol. The van der Waals surface area contributed by atoms with Crippen molar-refractivity contribution < 1.29 is 4.79 Å². The zero-order valence-electron chi connectivity index (χ0n) is 10.8. The van der Waals surface area contributed by atoms with Crippen LogP contribution in [-0.4, -0.2) is 11.8 Å². The number of fused-ring (bicyclic) bond motifs is 1. The number of ketones is 1. The van der Waals surface area contributed by atoms with Crippen LogP contribution in [0, 0.1) is 28.1 Å². The van der Waals surface area contributed by atoms with Crippen molar-refractivity contribution in [3.63, 3.8) is 0 Å². The van der Waals surface area contributed by atoms with Gasteiger partial charge in [-0.25, -0.2) is 0 Å². The molecule has 2 aliphatic carbocycles. The summed E-state index contributed by atoms with van der Waals surface area (Å²) in [4.78, 5) is 12.2. The van der Waals surface area contributed by atoms with E-state index in [1.165, 1.54) is 0 Å². The molecule has 3 atom stereocenters. The predicted octanol–water partition coefficient (Wildman–Crippen LogP) is 2.18. The second-order valence-electron chi connectivity index (χ2n) is 6.32. The summed E-state index contributed by atoms with van der Waals surface area (Å²) >= 11 is 0. The summed E-state index contributed by atoms with van der Waals surface area (Å²) in [6.07, 6.45) is 4.71. The zero-order valence-corrected chi connectivity index (χ0v) is 10.8. The molecule has 0 aliphatic heterocycles. The van der Waals surface area contributed by atoms with Gasteiger partial charge in [0, 0.05) is 11.5 Å². The van der Waals surface area contributed by atoms with Crippen LogP contribution in [0.1, 0.15) is 40.0 Å². The standard InChI is InChI=1S/C14H20N2O/c1-13(2)11-5-4-10(16)7-14(11,3)6-9(8-15)12(13)17/h6,10-11H,4-5,7,16H2,1-3H3/t10-,11-,14+/m0/s1. The van der Waals surface area contributed by atoms with E-state index in [4.69, 9.17) is 11.0 Å². The molecule has 3 heteroatoms. The lowest BCUT2D eigenvalue weighted by molar-refractivity contribution is -0.131. The van der Waals surface area contributed by atoms with Gasteiger partial charge in [0.15, 0.2) is 5.78 Å². The SMILES string of the molecule is CC1(C)C(=O)C(C#N)=C[C@]2(C)C[C@@H](N)CC[C@@H]12. The highest BCUT2D eigenvalue weighted by molar-refractivity contribution is 6.04. The van der Waals surface area contributed by atoms with Crippen LogP contribution in [0.4, 0.5) is 0 Å². The van der Waals surface area contributed by atoms with E-state index in [2.05, 4.69) is 13.0 Å². The Balaban J connectivity index is 2.51. The minimum absolute atomic E-state index is 0.00190. The molecular weight excluding hydrogens is 212 g/mol. The van der Waals surface area contributed by atoms with E-state index in [9.17, 15) is 4.79 Å². The highest BCUT2D eigenvalue weighted by atomic mass is 16.1. The summed E-state index contributed by atoms with van der Waals surface area (Å²) in [6.45, 7) is 6.08. The van der Waals surface area contributed by atoms with Crippen molar-refractivity contribution in [1.82, 2.24) is 0 Å². The van der Waals surface area contributed by atoms with E-state index in [1.54, 1.807) is 0 Å². The van der Waals surface area contributed by atoms with Crippen molar-refractivity contribution in [3.8, 4) is 6.07 Å². The van der Waals surface area contributed by atoms with Crippen LogP contribution < -0.4 is 5.73 Å². The summed E-state index contributed by atoms with van der Waals surface area (Å²) in [5.41, 5.74) is 5.83. The molecule has 2 aliphatic rings. The van der Waals surface area contributed by atoms with Crippen LogP contribution in [0.2, 0.25) is 0 Å². The highest BCUT2D eigenvalue weighted by Crippen LogP contribution is 2.54. The van der Waals surface area contributed by atoms with E-state index in [-0.39, 0.29) is 17.2 Å². The molecule has 0 aromatic carbocycles. The van der Waals surface area contributed by atoms with Gasteiger partial charge in [-0.2, -0.15) is 5.26 Å². The number of rotatable bonds is 0. The maximum Gasteiger partial charge on any atom is 0.178 e. The van der Waals surface area contributed by atoms with Crippen molar-refractivity contribution >= 4 is 5.78 Å². The quantitative estimate of drug-likeness (QED) is 0.696. The molecule has 0 spiro atoms. The summed E-state index contributed by atoms with van der Waals surface area (Å²) in [7, 11) is 0. The maximum atomic E-state index is 12.2. The Morgan fingerprint density at radius 2 is 2.06 bits per heavy atom. The van der Waals surface area contributed by atoms with E-state index < -0.39 is 5.41 Å². The first-order valence-corrected chi connectivity index (χ1v) is 6.24. The Bertz CT molecular complexity index is 430. The first-order chi connectivity index (χ1) is 7.81. The zero-order chi connectivity index (χ0) is 12.8. The molecule has 0 bridgehead atoms. The fourth-order valence-corrected chi connectivity index (χ4v) is 3.85. The van der Waals surface area contributed by atoms with Crippen molar-refractivity contribution in [2.45, 2.75) is 46.1 Å². The number of hydrogen-bond acceptors (Lipinski definition) is 3. The van der Waals surface area contributed by atoms with Gasteiger partial charge in [0.25, 0.3) is 0 Å². The lowest BCUT2D eigenvalue weighted by Gasteiger charge is -2.51. The first-order valence-electron chi connectivity index (χ1n) is 6.24. The van der Waals surface area contributed by atoms with Gasteiger partial charge in [0.2, 0.25) is 0 Å². The Morgan fingerprint density at radius 3 is 2.65 bits per heavy atom. The summed E-state index contributed by atoms with van der Waals surface area (Å²) in [5.74, 6) is 0.303. The van der Waals surface area contributed by atoms with E-state index >= 15 is 0 Å². The largest absolute Gasteiger partial charge is 0.328 e. The molecule has 1 fully saturated rings. The minimum Gasteiger partial charge on any atom is -0.328 e. The number of hydrogen-bond donors (Lipinski definition) is 1.